The van der Waals surface area contributed by atoms with Gasteiger partial charge in [-0.25, -0.2) is 13.1 Å². The summed E-state index contributed by atoms with van der Waals surface area (Å²) in [6, 6.07) is 22.9. The van der Waals surface area contributed by atoms with Crippen molar-refractivity contribution < 1.29 is 31.1 Å². The Morgan fingerprint density at radius 1 is 0.891 bits per heavy atom. The first-order valence-electron chi connectivity index (χ1n) is 14.9. The second-order valence-electron chi connectivity index (χ2n) is 10.6. The van der Waals surface area contributed by atoms with Crippen LogP contribution < -0.4 is 24.9 Å². The fourth-order valence-electron chi connectivity index (χ4n) is 5.20. The first-order valence-corrected chi connectivity index (χ1v) is 16.3. The van der Waals surface area contributed by atoms with Gasteiger partial charge in [-0.1, -0.05) is 48.5 Å². The predicted molar refractivity (Wildman–Crippen MR) is 172 cm³/mol. The van der Waals surface area contributed by atoms with Crippen molar-refractivity contribution in [3.05, 3.63) is 118 Å². The highest BCUT2D eigenvalue weighted by atomic mass is 32.2. The van der Waals surface area contributed by atoms with Gasteiger partial charge < -0.3 is 14.8 Å². The molecule has 1 aliphatic heterocycles. The summed E-state index contributed by atoms with van der Waals surface area (Å²) in [5.41, 5.74) is 6.50. The van der Waals surface area contributed by atoms with Gasteiger partial charge in [-0.15, -0.1) is 0 Å². The lowest BCUT2D eigenvalue weighted by molar-refractivity contribution is -0.137. The summed E-state index contributed by atoms with van der Waals surface area (Å²) in [6.07, 6.45) is -4.65. The molecule has 3 N–H and O–H groups in total. The fraction of sp³-hybridized carbons (Fsp3) is 0.265. The third-order valence-electron chi connectivity index (χ3n) is 7.40. The van der Waals surface area contributed by atoms with Crippen molar-refractivity contribution in [1.29, 1.82) is 0 Å². The van der Waals surface area contributed by atoms with Gasteiger partial charge in [0.2, 0.25) is 10.0 Å². The number of nitrogens with one attached hydrogen (secondary N) is 3. The normalized spacial score (nSPS) is 14.6. The number of rotatable bonds is 12. The second-order valence-corrected chi connectivity index (χ2v) is 12.3. The minimum absolute atomic E-state index is 0.121. The molecule has 0 aromatic heterocycles. The topological polar surface area (TPSA) is 101 Å². The number of aryl methyl sites for hydroxylation is 1. The Labute approximate surface area is 266 Å². The van der Waals surface area contributed by atoms with Crippen LogP contribution in [0.15, 0.2) is 94.9 Å². The number of alkyl halides is 3. The number of hydrazone groups is 1. The van der Waals surface area contributed by atoms with E-state index in [1.165, 1.54) is 6.07 Å². The molecular weight excluding hydrogens is 617 g/mol. The van der Waals surface area contributed by atoms with Crippen molar-refractivity contribution >= 4 is 21.4 Å². The van der Waals surface area contributed by atoms with Crippen LogP contribution in [-0.2, 0) is 22.6 Å². The van der Waals surface area contributed by atoms with Crippen molar-refractivity contribution in [1.82, 2.24) is 10.1 Å². The lowest BCUT2D eigenvalue weighted by Crippen LogP contribution is -2.32. The molecule has 0 bridgehead atoms. The van der Waals surface area contributed by atoms with Crippen LogP contribution in [0.2, 0.25) is 0 Å². The first kappa shape index (κ1) is 32.8. The van der Waals surface area contributed by atoms with Crippen molar-refractivity contribution in [2.75, 3.05) is 25.1 Å². The molecule has 4 aromatic carbocycles. The van der Waals surface area contributed by atoms with Crippen molar-refractivity contribution in [2.24, 2.45) is 5.10 Å². The molecule has 0 aliphatic carbocycles. The third-order valence-corrected chi connectivity index (χ3v) is 9.00. The van der Waals surface area contributed by atoms with Crippen LogP contribution in [0, 0.1) is 6.92 Å². The molecule has 0 saturated heterocycles. The Morgan fingerprint density at radius 3 is 2.41 bits per heavy atom. The van der Waals surface area contributed by atoms with Gasteiger partial charge in [0.1, 0.15) is 6.17 Å². The van der Waals surface area contributed by atoms with E-state index < -0.39 is 27.9 Å². The summed E-state index contributed by atoms with van der Waals surface area (Å²) >= 11 is 0. The van der Waals surface area contributed by atoms with E-state index in [0.29, 0.717) is 53.5 Å². The van der Waals surface area contributed by atoms with E-state index in [9.17, 15) is 21.6 Å². The molecule has 0 spiro atoms. The molecule has 4 aromatic rings. The van der Waals surface area contributed by atoms with Crippen LogP contribution in [0.1, 0.15) is 53.4 Å². The third kappa shape index (κ3) is 7.45. The SMILES string of the molecule is CCOc1ccc(CCNS(=O)(=O)c2cc(C3=NN[C@@H](Nc4cccc(C(F)(F)F)c4)c4ccccc43)ccc2C)cc1OCC. The van der Waals surface area contributed by atoms with E-state index in [4.69, 9.17) is 9.47 Å². The van der Waals surface area contributed by atoms with Crippen LogP contribution in [0.5, 0.6) is 11.5 Å². The molecule has 0 fully saturated rings. The van der Waals surface area contributed by atoms with Gasteiger partial charge >= 0.3 is 6.18 Å². The molecule has 12 heteroatoms. The molecule has 1 atom stereocenters. The molecule has 1 aliphatic rings. The zero-order chi connectivity index (χ0) is 32.9. The monoisotopic (exact) mass is 652 g/mol. The Morgan fingerprint density at radius 2 is 1.65 bits per heavy atom. The number of sulfonamides is 1. The smallest absolute Gasteiger partial charge is 0.416 e. The largest absolute Gasteiger partial charge is 0.490 e. The number of hydrogen-bond donors (Lipinski definition) is 3. The van der Waals surface area contributed by atoms with Crippen molar-refractivity contribution in [2.45, 2.75) is 44.4 Å². The molecule has 0 unspecified atom stereocenters. The van der Waals surface area contributed by atoms with Crippen LogP contribution in [-0.4, -0.2) is 33.9 Å². The van der Waals surface area contributed by atoms with E-state index in [2.05, 4.69) is 20.6 Å². The Bertz CT molecular complexity index is 1840. The summed E-state index contributed by atoms with van der Waals surface area (Å²) in [7, 11) is -3.89. The van der Waals surface area contributed by atoms with Crippen molar-refractivity contribution in [3.63, 3.8) is 0 Å². The quantitative estimate of drug-likeness (QED) is 0.156. The molecule has 0 radical (unpaired) electrons. The van der Waals surface area contributed by atoms with Gasteiger partial charge in [0.25, 0.3) is 0 Å². The number of anilines is 1. The maximum atomic E-state index is 13.5. The van der Waals surface area contributed by atoms with E-state index >= 15 is 0 Å². The summed E-state index contributed by atoms with van der Waals surface area (Å²) in [5, 5.41) is 7.62. The van der Waals surface area contributed by atoms with E-state index in [1.54, 1.807) is 31.2 Å². The van der Waals surface area contributed by atoms with Crippen LogP contribution in [0.25, 0.3) is 0 Å². The minimum Gasteiger partial charge on any atom is -0.490 e. The van der Waals surface area contributed by atoms with E-state index in [1.807, 2.05) is 56.3 Å². The highest BCUT2D eigenvalue weighted by Crippen LogP contribution is 2.33. The van der Waals surface area contributed by atoms with Gasteiger partial charge in [-0.3, -0.25) is 5.43 Å². The molecule has 0 saturated carbocycles. The zero-order valence-corrected chi connectivity index (χ0v) is 26.4. The van der Waals surface area contributed by atoms with Crippen molar-refractivity contribution in [3.8, 4) is 11.5 Å². The van der Waals surface area contributed by atoms with E-state index in [-0.39, 0.29) is 17.1 Å². The minimum atomic E-state index is -4.47. The highest BCUT2D eigenvalue weighted by molar-refractivity contribution is 7.89. The Hall–Kier alpha value is -4.55. The number of fused-ring (bicyclic) bond motifs is 1. The average molecular weight is 653 g/mol. The standard InChI is InChI=1S/C34H35F3N4O4S/c1-4-44-29-16-14-23(19-30(29)45-5-2)17-18-38-46(42,43)31-20-24(15-13-22(31)3)32-27-11-6-7-12-28(27)33(41-40-32)39-26-10-8-9-25(21-26)34(35,36)37/h6-16,19-21,33,38-39,41H,4-5,17-18H2,1-3H3/t33-/m1/s1. The summed E-state index contributed by atoms with van der Waals surface area (Å²) in [5.74, 6) is 1.25. The number of hydrogen-bond acceptors (Lipinski definition) is 7. The van der Waals surface area contributed by atoms with Gasteiger partial charge in [-0.05, 0) is 74.7 Å². The lowest BCUT2D eigenvalue weighted by atomic mass is 9.94. The maximum Gasteiger partial charge on any atom is 0.416 e. The summed E-state index contributed by atoms with van der Waals surface area (Å²) in [6.45, 7) is 6.65. The first-order chi connectivity index (χ1) is 22.0. The molecule has 46 heavy (non-hydrogen) atoms. The average Bonchev–Trinajstić information content (AvgIpc) is 3.02. The van der Waals surface area contributed by atoms with Crippen LogP contribution >= 0.6 is 0 Å². The molecule has 8 nitrogen and oxygen atoms in total. The molecule has 0 amide bonds. The number of ether oxygens (including phenoxy) is 2. The van der Waals surface area contributed by atoms with E-state index in [0.717, 1.165) is 23.3 Å². The molecule has 1 heterocycles. The highest BCUT2D eigenvalue weighted by Gasteiger charge is 2.31. The lowest BCUT2D eigenvalue weighted by Gasteiger charge is -2.28. The summed E-state index contributed by atoms with van der Waals surface area (Å²) < 4.78 is 80.8. The van der Waals surface area contributed by atoms with Gasteiger partial charge in [0.05, 0.1) is 29.4 Å². The van der Waals surface area contributed by atoms with Gasteiger partial charge in [0.15, 0.2) is 11.5 Å². The molecule has 5 rings (SSSR count). The fourth-order valence-corrected chi connectivity index (χ4v) is 6.50. The maximum absolute atomic E-state index is 13.5. The predicted octanol–water partition coefficient (Wildman–Crippen LogP) is 6.80. The molecular formula is C34H35F3N4O4S. The van der Waals surface area contributed by atoms with Crippen LogP contribution in [0.3, 0.4) is 0 Å². The summed E-state index contributed by atoms with van der Waals surface area (Å²) in [4.78, 5) is 0.121. The van der Waals surface area contributed by atoms with Crippen LogP contribution in [0.4, 0.5) is 18.9 Å². The number of halogens is 3. The zero-order valence-electron chi connectivity index (χ0n) is 25.6. The number of nitrogens with zero attached hydrogens (tertiary/aromatic N) is 1. The van der Waals surface area contributed by atoms with Gasteiger partial charge in [-0.2, -0.15) is 18.3 Å². The number of benzene rings is 4. The van der Waals surface area contributed by atoms with Gasteiger partial charge in [0, 0.05) is 28.9 Å². The Balaban J connectivity index is 1.34. The molecule has 242 valence electrons. The Kier molecular flexibility index (Phi) is 9.88. The second kappa shape index (κ2) is 13.8.